The third-order valence-electron chi connectivity index (χ3n) is 2.90. The number of hydrogen-bond acceptors (Lipinski definition) is 3. The largest absolute Gasteiger partial charge is 0.489 e. The number of carbonyl (C=O) groups is 1. The second-order valence-corrected chi connectivity index (χ2v) is 5.38. The number of rotatable bonds is 4. The Balaban J connectivity index is 2.22. The molecule has 0 saturated carbocycles. The van der Waals surface area contributed by atoms with E-state index in [1.54, 1.807) is 12.1 Å². The number of nitrogens with one attached hydrogen (secondary N) is 1. The highest BCUT2D eigenvalue weighted by Crippen LogP contribution is 2.40. The molecule has 0 spiro atoms. The topological polar surface area (TPSA) is 47.6 Å². The van der Waals surface area contributed by atoms with Crippen LogP contribution in [0.3, 0.4) is 0 Å². The SMILES string of the molecule is CCCNC(=O)C(Cl)c1cc(Cl)c2c(c1)OCCCO2. The number of benzene rings is 1. The number of alkyl halides is 1. The van der Waals surface area contributed by atoms with Gasteiger partial charge in [-0.05, 0) is 24.1 Å². The molecule has 2 rings (SSSR count). The summed E-state index contributed by atoms with van der Waals surface area (Å²) in [5, 5.41) is 2.37. The minimum atomic E-state index is -0.795. The van der Waals surface area contributed by atoms with Crippen LogP contribution in [0.4, 0.5) is 0 Å². The Kier molecular flexibility index (Phi) is 5.38. The first-order valence-electron chi connectivity index (χ1n) is 6.64. The van der Waals surface area contributed by atoms with Crippen LogP contribution in [0.1, 0.15) is 30.7 Å². The maximum atomic E-state index is 11.9. The van der Waals surface area contributed by atoms with Gasteiger partial charge in [-0.2, -0.15) is 0 Å². The van der Waals surface area contributed by atoms with E-state index < -0.39 is 5.38 Å². The van der Waals surface area contributed by atoms with Crippen molar-refractivity contribution in [1.29, 1.82) is 0 Å². The number of hydrogen-bond donors (Lipinski definition) is 1. The maximum absolute atomic E-state index is 11.9. The van der Waals surface area contributed by atoms with Crippen LogP contribution in [-0.4, -0.2) is 25.7 Å². The van der Waals surface area contributed by atoms with Gasteiger partial charge in [0.05, 0.1) is 18.2 Å². The Labute approximate surface area is 128 Å². The van der Waals surface area contributed by atoms with Crippen molar-refractivity contribution >= 4 is 29.1 Å². The Morgan fingerprint density at radius 2 is 2.15 bits per heavy atom. The molecule has 1 N–H and O–H groups in total. The molecule has 1 heterocycles. The summed E-state index contributed by atoms with van der Waals surface area (Å²) in [5.74, 6) is 0.823. The summed E-state index contributed by atoms with van der Waals surface area (Å²) >= 11 is 12.4. The first kappa shape index (κ1) is 15.3. The Morgan fingerprint density at radius 1 is 1.40 bits per heavy atom. The minimum absolute atomic E-state index is 0.237. The van der Waals surface area contributed by atoms with Gasteiger partial charge in [0.2, 0.25) is 5.91 Å². The van der Waals surface area contributed by atoms with Crippen LogP contribution in [0.25, 0.3) is 0 Å². The third-order valence-corrected chi connectivity index (χ3v) is 3.63. The molecule has 1 aliphatic heterocycles. The number of halogens is 2. The number of carbonyl (C=O) groups excluding carboxylic acids is 1. The first-order chi connectivity index (χ1) is 9.63. The first-order valence-corrected chi connectivity index (χ1v) is 7.45. The number of fused-ring (bicyclic) bond motifs is 1. The Bertz CT molecular complexity index is 494. The van der Waals surface area contributed by atoms with Crippen molar-refractivity contribution in [3.8, 4) is 11.5 Å². The van der Waals surface area contributed by atoms with Gasteiger partial charge in [0.15, 0.2) is 11.5 Å². The molecule has 1 unspecified atom stereocenters. The molecule has 1 aromatic rings. The summed E-state index contributed by atoms with van der Waals surface area (Å²) in [7, 11) is 0. The number of ether oxygens (including phenoxy) is 2. The second-order valence-electron chi connectivity index (χ2n) is 4.53. The maximum Gasteiger partial charge on any atom is 0.242 e. The van der Waals surface area contributed by atoms with Crippen molar-refractivity contribution in [2.75, 3.05) is 19.8 Å². The molecule has 0 aliphatic carbocycles. The lowest BCUT2D eigenvalue weighted by atomic mass is 10.1. The molecule has 1 aliphatic rings. The van der Waals surface area contributed by atoms with E-state index in [0.717, 1.165) is 12.8 Å². The van der Waals surface area contributed by atoms with Crippen LogP contribution in [0.2, 0.25) is 5.02 Å². The monoisotopic (exact) mass is 317 g/mol. The number of amides is 1. The quantitative estimate of drug-likeness (QED) is 0.867. The van der Waals surface area contributed by atoms with E-state index in [0.29, 0.717) is 41.8 Å². The smallest absolute Gasteiger partial charge is 0.242 e. The summed E-state index contributed by atoms with van der Waals surface area (Å²) in [6.07, 6.45) is 1.65. The van der Waals surface area contributed by atoms with E-state index in [4.69, 9.17) is 32.7 Å². The summed E-state index contributed by atoms with van der Waals surface area (Å²) in [5.41, 5.74) is 0.606. The molecule has 110 valence electrons. The van der Waals surface area contributed by atoms with E-state index in [-0.39, 0.29) is 5.91 Å². The average molecular weight is 318 g/mol. The van der Waals surface area contributed by atoms with Crippen LogP contribution < -0.4 is 14.8 Å². The predicted molar refractivity (Wildman–Crippen MR) is 79.0 cm³/mol. The zero-order valence-corrected chi connectivity index (χ0v) is 12.8. The molecular formula is C14H17Cl2NO3. The molecule has 6 heteroatoms. The van der Waals surface area contributed by atoms with Crippen molar-refractivity contribution < 1.29 is 14.3 Å². The van der Waals surface area contributed by atoms with Crippen LogP contribution >= 0.6 is 23.2 Å². The zero-order valence-electron chi connectivity index (χ0n) is 11.2. The Hall–Kier alpha value is -1.13. The lowest BCUT2D eigenvalue weighted by Gasteiger charge is -2.14. The van der Waals surface area contributed by atoms with Gasteiger partial charge < -0.3 is 14.8 Å². The van der Waals surface area contributed by atoms with Crippen molar-refractivity contribution in [3.63, 3.8) is 0 Å². The van der Waals surface area contributed by atoms with Gasteiger partial charge in [0.25, 0.3) is 0 Å². The zero-order chi connectivity index (χ0) is 14.5. The molecule has 0 fully saturated rings. The second kappa shape index (κ2) is 7.04. The summed E-state index contributed by atoms with van der Waals surface area (Å²) in [4.78, 5) is 11.9. The van der Waals surface area contributed by atoms with Gasteiger partial charge in [-0.1, -0.05) is 18.5 Å². The third kappa shape index (κ3) is 3.49. The highest BCUT2D eigenvalue weighted by molar-refractivity contribution is 6.33. The van der Waals surface area contributed by atoms with Crippen molar-refractivity contribution in [3.05, 3.63) is 22.7 Å². The summed E-state index contributed by atoms with van der Waals surface area (Å²) in [6.45, 7) is 3.70. The molecule has 1 atom stereocenters. The molecule has 1 amide bonds. The van der Waals surface area contributed by atoms with Crippen LogP contribution in [-0.2, 0) is 4.79 Å². The highest BCUT2D eigenvalue weighted by atomic mass is 35.5. The fourth-order valence-corrected chi connectivity index (χ4v) is 2.36. The van der Waals surface area contributed by atoms with Gasteiger partial charge in [0, 0.05) is 13.0 Å². The van der Waals surface area contributed by atoms with Gasteiger partial charge >= 0.3 is 0 Å². The van der Waals surface area contributed by atoms with E-state index in [1.807, 2.05) is 6.92 Å². The molecule has 1 aromatic carbocycles. The standard InChI is InChI=1S/C14H17Cl2NO3/c1-2-4-17-14(18)12(16)9-7-10(15)13-11(8-9)19-5-3-6-20-13/h7-8,12H,2-6H2,1H3,(H,17,18). The predicted octanol–water partition coefficient (Wildman–Crippen LogP) is 3.31. The van der Waals surface area contributed by atoms with Crippen molar-refractivity contribution in [2.45, 2.75) is 25.1 Å². The van der Waals surface area contributed by atoms with E-state index in [2.05, 4.69) is 5.32 Å². The lowest BCUT2D eigenvalue weighted by molar-refractivity contribution is -0.120. The van der Waals surface area contributed by atoms with Crippen molar-refractivity contribution in [2.24, 2.45) is 0 Å². The van der Waals surface area contributed by atoms with Gasteiger partial charge in [-0.3, -0.25) is 4.79 Å². The van der Waals surface area contributed by atoms with Crippen LogP contribution in [0.5, 0.6) is 11.5 Å². The molecule has 4 nitrogen and oxygen atoms in total. The fraction of sp³-hybridized carbons (Fsp3) is 0.500. The van der Waals surface area contributed by atoms with Gasteiger partial charge in [-0.25, -0.2) is 0 Å². The average Bonchev–Trinajstić information content (AvgIpc) is 2.69. The minimum Gasteiger partial charge on any atom is -0.489 e. The van der Waals surface area contributed by atoms with Crippen molar-refractivity contribution in [1.82, 2.24) is 5.32 Å². The van der Waals surface area contributed by atoms with Crippen LogP contribution in [0.15, 0.2) is 12.1 Å². The summed E-state index contributed by atoms with van der Waals surface area (Å²) < 4.78 is 11.1. The highest BCUT2D eigenvalue weighted by Gasteiger charge is 2.22. The lowest BCUT2D eigenvalue weighted by Crippen LogP contribution is -2.27. The van der Waals surface area contributed by atoms with Gasteiger partial charge in [0.1, 0.15) is 5.38 Å². The molecule has 20 heavy (non-hydrogen) atoms. The molecule has 0 aromatic heterocycles. The van der Waals surface area contributed by atoms with E-state index in [9.17, 15) is 4.79 Å². The molecular weight excluding hydrogens is 301 g/mol. The van der Waals surface area contributed by atoms with Gasteiger partial charge in [-0.15, -0.1) is 11.6 Å². The Morgan fingerprint density at radius 3 is 2.90 bits per heavy atom. The molecule has 0 radical (unpaired) electrons. The molecule has 0 saturated heterocycles. The summed E-state index contributed by atoms with van der Waals surface area (Å²) in [6, 6.07) is 3.37. The normalized spacial score (nSPS) is 15.3. The van der Waals surface area contributed by atoms with Crippen LogP contribution in [0, 0.1) is 0 Å². The van der Waals surface area contributed by atoms with E-state index >= 15 is 0 Å². The van der Waals surface area contributed by atoms with E-state index in [1.165, 1.54) is 0 Å². The molecule has 0 bridgehead atoms. The fourth-order valence-electron chi connectivity index (χ4n) is 1.89.